The highest BCUT2D eigenvalue weighted by molar-refractivity contribution is 5.76. The quantitative estimate of drug-likeness (QED) is 0.865. The number of nitrogens with one attached hydrogen (secondary N) is 1. The Kier molecular flexibility index (Phi) is 6.18. The first-order chi connectivity index (χ1) is 10.9. The Bertz CT molecular complexity index is 500. The molecule has 0 bridgehead atoms. The van der Waals surface area contributed by atoms with Gasteiger partial charge in [0.2, 0.25) is 5.91 Å². The number of amides is 1. The fourth-order valence-electron chi connectivity index (χ4n) is 3.15. The number of hydrogen-bond donors (Lipinski definition) is 1. The van der Waals surface area contributed by atoms with Crippen molar-refractivity contribution in [3.8, 4) is 0 Å². The summed E-state index contributed by atoms with van der Waals surface area (Å²) in [6.07, 6.45) is 1.63. The van der Waals surface area contributed by atoms with Crippen LogP contribution < -0.4 is 5.32 Å². The number of carbonyl (C=O) groups is 1. The number of morpholine rings is 1. The van der Waals surface area contributed by atoms with Gasteiger partial charge in [-0.3, -0.25) is 9.69 Å². The molecule has 23 heavy (non-hydrogen) atoms. The van der Waals surface area contributed by atoms with Gasteiger partial charge in [-0.2, -0.15) is 0 Å². The molecule has 1 aromatic heterocycles. The Morgan fingerprint density at radius 3 is 2.57 bits per heavy atom. The lowest BCUT2D eigenvalue weighted by Crippen LogP contribution is -2.52. The fourth-order valence-corrected chi connectivity index (χ4v) is 3.15. The minimum atomic E-state index is 0.0752. The number of ether oxygens (including phenoxy) is 1. The number of nitrogens with zero attached hydrogens (tertiary/aromatic N) is 2. The summed E-state index contributed by atoms with van der Waals surface area (Å²) in [6, 6.07) is 0.312. The van der Waals surface area contributed by atoms with Gasteiger partial charge in [-0.05, 0) is 41.0 Å². The molecule has 1 N–H and O–H groups in total. The van der Waals surface area contributed by atoms with E-state index in [1.807, 2.05) is 13.8 Å². The second-order valence-electron chi connectivity index (χ2n) is 6.67. The van der Waals surface area contributed by atoms with Crippen LogP contribution in [-0.4, -0.2) is 53.8 Å². The van der Waals surface area contributed by atoms with Gasteiger partial charge in [-0.25, -0.2) is 0 Å². The summed E-state index contributed by atoms with van der Waals surface area (Å²) in [6.45, 7) is 12.6. The maximum Gasteiger partial charge on any atom is 0.220 e. The third kappa shape index (κ3) is 5.04. The van der Waals surface area contributed by atoms with Crippen molar-refractivity contribution in [1.82, 2.24) is 15.4 Å². The van der Waals surface area contributed by atoms with Gasteiger partial charge in [0, 0.05) is 37.7 Å². The van der Waals surface area contributed by atoms with E-state index in [2.05, 4.69) is 36.1 Å². The largest absolute Gasteiger partial charge is 0.373 e. The van der Waals surface area contributed by atoms with Crippen molar-refractivity contribution in [3.05, 3.63) is 17.0 Å². The summed E-state index contributed by atoms with van der Waals surface area (Å²) in [5.74, 6) is 0.881. The molecule has 0 unspecified atom stereocenters. The molecule has 1 amide bonds. The van der Waals surface area contributed by atoms with Gasteiger partial charge in [0.15, 0.2) is 0 Å². The van der Waals surface area contributed by atoms with Crippen LogP contribution >= 0.6 is 0 Å². The van der Waals surface area contributed by atoms with Gasteiger partial charge in [0.05, 0.1) is 17.9 Å². The summed E-state index contributed by atoms with van der Waals surface area (Å²) in [7, 11) is 0. The Labute approximate surface area is 138 Å². The number of hydrogen-bond acceptors (Lipinski definition) is 5. The Hall–Kier alpha value is -1.40. The van der Waals surface area contributed by atoms with E-state index in [-0.39, 0.29) is 18.1 Å². The molecule has 0 aliphatic carbocycles. The zero-order chi connectivity index (χ0) is 17.0. The van der Waals surface area contributed by atoms with Crippen molar-refractivity contribution in [1.29, 1.82) is 0 Å². The molecule has 130 valence electrons. The lowest BCUT2D eigenvalue weighted by atomic mass is 10.1. The SMILES string of the molecule is Cc1noc(C)c1CCC(=O)NC[C@H](C)N1C[C@H](C)O[C@@H](C)C1. The molecule has 6 nitrogen and oxygen atoms in total. The number of aromatic nitrogens is 1. The van der Waals surface area contributed by atoms with Crippen molar-refractivity contribution >= 4 is 5.91 Å². The average molecular weight is 323 g/mol. The van der Waals surface area contributed by atoms with Crippen LogP contribution in [0.25, 0.3) is 0 Å². The molecule has 1 saturated heterocycles. The lowest BCUT2D eigenvalue weighted by molar-refractivity contribution is -0.121. The summed E-state index contributed by atoms with van der Waals surface area (Å²) in [5, 5.41) is 6.96. The molecule has 0 aromatic carbocycles. The highest BCUT2D eigenvalue weighted by Crippen LogP contribution is 2.15. The first-order valence-corrected chi connectivity index (χ1v) is 8.44. The maximum atomic E-state index is 12.1. The Balaban J connectivity index is 1.73. The molecule has 0 radical (unpaired) electrons. The summed E-state index contributed by atoms with van der Waals surface area (Å²) in [4.78, 5) is 14.5. The second-order valence-corrected chi connectivity index (χ2v) is 6.67. The van der Waals surface area contributed by atoms with E-state index >= 15 is 0 Å². The third-order valence-electron chi connectivity index (χ3n) is 4.45. The first kappa shape index (κ1) is 17.9. The zero-order valence-corrected chi connectivity index (χ0v) is 14.9. The lowest BCUT2D eigenvalue weighted by Gasteiger charge is -2.39. The maximum absolute atomic E-state index is 12.1. The molecule has 1 aliphatic rings. The molecule has 2 rings (SSSR count). The van der Waals surface area contributed by atoms with E-state index in [0.29, 0.717) is 25.4 Å². The summed E-state index contributed by atoms with van der Waals surface area (Å²) in [5.41, 5.74) is 1.92. The van der Waals surface area contributed by atoms with Gasteiger partial charge in [-0.15, -0.1) is 0 Å². The fraction of sp³-hybridized carbons (Fsp3) is 0.765. The van der Waals surface area contributed by atoms with Crippen molar-refractivity contribution in [2.24, 2.45) is 0 Å². The predicted molar refractivity (Wildman–Crippen MR) is 88.4 cm³/mol. The van der Waals surface area contributed by atoms with Crippen LogP contribution in [0.2, 0.25) is 0 Å². The monoisotopic (exact) mass is 323 g/mol. The zero-order valence-electron chi connectivity index (χ0n) is 14.9. The number of rotatable bonds is 6. The van der Waals surface area contributed by atoms with Gasteiger partial charge in [-0.1, -0.05) is 5.16 Å². The number of carbonyl (C=O) groups excluding carboxylic acids is 1. The predicted octanol–water partition coefficient (Wildman–Crippen LogP) is 1.84. The third-order valence-corrected chi connectivity index (χ3v) is 4.45. The topological polar surface area (TPSA) is 67.6 Å². The molecule has 6 heteroatoms. The van der Waals surface area contributed by atoms with Crippen molar-refractivity contribution in [3.63, 3.8) is 0 Å². The molecular weight excluding hydrogens is 294 g/mol. The van der Waals surface area contributed by atoms with Crippen LogP contribution in [0.3, 0.4) is 0 Å². The highest BCUT2D eigenvalue weighted by atomic mass is 16.5. The molecule has 3 atom stereocenters. The smallest absolute Gasteiger partial charge is 0.220 e. The molecule has 2 heterocycles. The minimum absolute atomic E-state index is 0.0752. The van der Waals surface area contributed by atoms with Gasteiger partial charge < -0.3 is 14.6 Å². The van der Waals surface area contributed by atoms with Crippen molar-refractivity contribution < 1.29 is 14.1 Å². The minimum Gasteiger partial charge on any atom is -0.373 e. The summed E-state index contributed by atoms with van der Waals surface area (Å²) < 4.78 is 10.9. The van der Waals surface area contributed by atoms with Gasteiger partial charge >= 0.3 is 0 Å². The van der Waals surface area contributed by atoms with E-state index < -0.39 is 0 Å². The Morgan fingerprint density at radius 2 is 2.00 bits per heavy atom. The van der Waals surface area contributed by atoms with Crippen LogP contribution in [0, 0.1) is 13.8 Å². The second kappa shape index (κ2) is 7.93. The van der Waals surface area contributed by atoms with Crippen LogP contribution in [0.5, 0.6) is 0 Å². The first-order valence-electron chi connectivity index (χ1n) is 8.44. The molecule has 1 aliphatic heterocycles. The normalized spacial score (nSPS) is 23.7. The van der Waals surface area contributed by atoms with Gasteiger partial charge in [0.1, 0.15) is 5.76 Å². The Morgan fingerprint density at radius 1 is 1.35 bits per heavy atom. The van der Waals surface area contributed by atoms with Crippen molar-refractivity contribution in [2.45, 2.75) is 65.7 Å². The molecule has 1 aromatic rings. The molecule has 0 saturated carbocycles. The molecular formula is C17H29N3O3. The standard InChI is InChI=1S/C17H29N3O3/c1-11(20-9-12(2)22-13(3)10-20)8-18-17(21)7-6-16-14(4)19-23-15(16)5/h11-13H,6-10H2,1-5H3,(H,18,21)/t11-,12-,13-/m0/s1. The average Bonchev–Trinajstić information content (AvgIpc) is 2.80. The van der Waals surface area contributed by atoms with E-state index in [4.69, 9.17) is 9.26 Å². The van der Waals surface area contributed by atoms with Gasteiger partial charge in [0.25, 0.3) is 0 Å². The van der Waals surface area contributed by atoms with Crippen LogP contribution in [0.1, 0.15) is 44.2 Å². The number of aryl methyl sites for hydroxylation is 2. The highest BCUT2D eigenvalue weighted by Gasteiger charge is 2.25. The van der Waals surface area contributed by atoms with E-state index in [1.165, 1.54) is 0 Å². The molecule has 1 fully saturated rings. The van der Waals surface area contributed by atoms with E-state index in [1.54, 1.807) is 0 Å². The van der Waals surface area contributed by atoms with Crippen LogP contribution in [0.4, 0.5) is 0 Å². The molecule has 0 spiro atoms. The van der Waals surface area contributed by atoms with Crippen LogP contribution in [-0.2, 0) is 16.0 Å². The van der Waals surface area contributed by atoms with E-state index in [9.17, 15) is 4.79 Å². The summed E-state index contributed by atoms with van der Waals surface area (Å²) >= 11 is 0. The van der Waals surface area contributed by atoms with E-state index in [0.717, 1.165) is 30.1 Å². The van der Waals surface area contributed by atoms with Crippen LogP contribution in [0.15, 0.2) is 4.52 Å². The van der Waals surface area contributed by atoms with Crippen molar-refractivity contribution in [2.75, 3.05) is 19.6 Å².